The van der Waals surface area contributed by atoms with Crippen LogP contribution in [0.15, 0.2) is 51.9 Å². The lowest BCUT2D eigenvalue weighted by atomic mass is 9.97. The van der Waals surface area contributed by atoms with Gasteiger partial charge in [-0.2, -0.15) is 10.5 Å². The number of nitriles is 2. The zero-order valence-electron chi connectivity index (χ0n) is 19.6. The Bertz CT molecular complexity index is 1520. The summed E-state index contributed by atoms with van der Waals surface area (Å²) in [5, 5.41) is 20.0. The highest BCUT2D eigenvalue weighted by molar-refractivity contribution is 7.98. The molecule has 0 aliphatic heterocycles. The summed E-state index contributed by atoms with van der Waals surface area (Å²) in [7, 11) is 3.01. The summed E-state index contributed by atoms with van der Waals surface area (Å²) in [4.78, 5) is 8.76. The standard InChI is InChI=1S/C26H20FN5O3S/c1-14-22(31-25(35-14)18-9-8-17(34-3)10-21(18)27)13-36-26-20(12-29)23(19(11-28)24(30)32-26)15-4-6-16(33-2)7-5-15/h4-10H,13H2,1-3H3,(H2,30,32). The van der Waals surface area contributed by atoms with Crippen LogP contribution in [0, 0.1) is 35.4 Å². The minimum absolute atomic E-state index is 0.0164. The van der Waals surface area contributed by atoms with E-state index in [9.17, 15) is 14.9 Å². The molecule has 4 rings (SSSR count). The van der Waals surface area contributed by atoms with Crippen molar-refractivity contribution in [3.05, 3.63) is 70.9 Å². The van der Waals surface area contributed by atoms with Gasteiger partial charge < -0.3 is 19.6 Å². The summed E-state index contributed by atoms with van der Waals surface area (Å²) >= 11 is 1.22. The zero-order valence-corrected chi connectivity index (χ0v) is 20.4. The highest BCUT2D eigenvalue weighted by Gasteiger charge is 2.22. The number of aryl methyl sites for hydroxylation is 1. The van der Waals surface area contributed by atoms with Gasteiger partial charge in [-0.05, 0) is 36.8 Å². The monoisotopic (exact) mass is 501 g/mol. The van der Waals surface area contributed by atoms with Crippen LogP contribution < -0.4 is 15.2 Å². The van der Waals surface area contributed by atoms with Gasteiger partial charge in [0.15, 0.2) is 0 Å². The normalized spacial score (nSPS) is 10.5. The molecule has 2 N–H and O–H groups in total. The first kappa shape index (κ1) is 24.6. The molecule has 4 aromatic rings. The van der Waals surface area contributed by atoms with Crippen LogP contribution in [-0.4, -0.2) is 24.2 Å². The number of nitrogen functional groups attached to an aromatic ring is 1. The number of thioether (sulfide) groups is 1. The number of methoxy groups -OCH3 is 2. The van der Waals surface area contributed by atoms with Crippen LogP contribution in [0.2, 0.25) is 0 Å². The second-order valence-corrected chi connectivity index (χ2v) is 8.50. The van der Waals surface area contributed by atoms with Crippen molar-refractivity contribution in [2.24, 2.45) is 0 Å². The van der Waals surface area contributed by atoms with E-state index in [2.05, 4.69) is 22.1 Å². The summed E-state index contributed by atoms with van der Waals surface area (Å²) in [6, 6.07) is 15.6. The van der Waals surface area contributed by atoms with E-state index in [1.165, 1.54) is 31.0 Å². The number of benzene rings is 2. The number of hydrogen-bond acceptors (Lipinski definition) is 9. The second-order valence-electron chi connectivity index (χ2n) is 7.54. The minimum atomic E-state index is -0.521. The molecule has 2 aromatic heterocycles. The number of pyridine rings is 1. The number of oxazole rings is 1. The minimum Gasteiger partial charge on any atom is -0.497 e. The third-order valence-electron chi connectivity index (χ3n) is 5.44. The quantitative estimate of drug-likeness (QED) is 0.327. The highest BCUT2D eigenvalue weighted by atomic mass is 32.2. The average Bonchev–Trinajstić information content (AvgIpc) is 3.26. The maximum atomic E-state index is 14.5. The molecule has 0 saturated carbocycles. The van der Waals surface area contributed by atoms with E-state index in [1.807, 2.05) is 0 Å². The third kappa shape index (κ3) is 4.67. The number of nitrogens with zero attached hydrogens (tertiary/aromatic N) is 4. The van der Waals surface area contributed by atoms with Gasteiger partial charge >= 0.3 is 0 Å². The molecule has 10 heteroatoms. The molecule has 8 nitrogen and oxygen atoms in total. The van der Waals surface area contributed by atoms with Gasteiger partial charge in [0.25, 0.3) is 0 Å². The molecule has 0 unspecified atom stereocenters. The Morgan fingerprint density at radius 3 is 2.28 bits per heavy atom. The highest BCUT2D eigenvalue weighted by Crippen LogP contribution is 2.38. The predicted molar refractivity (Wildman–Crippen MR) is 133 cm³/mol. The molecule has 0 amide bonds. The van der Waals surface area contributed by atoms with Gasteiger partial charge in [-0.15, -0.1) is 0 Å². The lowest BCUT2D eigenvalue weighted by Gasteiger charge is -2.13. The topological polar surface area (TPSA) is 131 Å². The Morgan fingerprint density at radius 2 is 1.67 bits per heavy atom. The number of ether oxygens (including phenoxy) is 2. The molecule has 180 valence electrons. The summed E-state index contributed by atoms with van der Waals surface area (Å²) in [5.74, 6) is 1.44. The second kappa shape index (κ2) is 10.4. The van der Waals surface area contributed by atoms with Gasteiger partial charge in [-0.1, -0.05) is 23.9 Å². The van der Waals surface area contributed by atoms with E-state index in [-0.39, 0.29) is 34.2 Å². The molecule has 0 saturated heterocycles. The SMILES string of the molecule is COc1ccc(-c2c(C#N)c(N)nc(SCc3nc(-c4ccc(OC)cc4F)oc3C)c2C#N)cc1. The summed E-state index contributed by atoms with van der Waals surface area (Å²) in [6.07, 6.45) is 0. The first-order valence-corrected chi connectivity index (χ1v) is 11.6. The van der Waals surface area contributed by atoms with Gasteiger partial charge in [0, 0.05) is 17.4 Å². The van der Waals surface area contributed by atoms with Gasteiger partial charge in [0.05, 0.1) is 31.0 Å². The van der Waals surface area contributed by atoms with Crippen LogP contribution >= 0.6 is 11.8 Å². The first-order valence-electron chi connectivity index (χ1n) is 10.6. The van der Waals surface area contributed by atoms with E-state index >= 15 is 0 Å². The lowest BCUT2D eigenvalue weighted by Crippen LogP contribution is -2.03. The maximum absolute atomic E-state index is 14.5. The molecular formula is C26H20FN5O3S. The number of hydrogen-bond donors (Lipinski definition) is 1. The molecule has 2 aromatic carbocycles. The number of halogens is 1. The van der Waals surface area contributed by atoms with Crippen molar-refractivity contribution in [2.75, 3.05) is 20.0 Å². The molecule has 36 heavy (non-hydrogen) atoms. The fraction of sp³-hybridized carbons (Fsp3) is 0.154. The van der Waals surface area contributed by atoms with Crippen molar-refractivity contribution in [3.8, 4) is 46.2 Å². The van der Waals surface area contributed by atoms with Gasteiger partial charge in [-0.3, -0.25) is 0 Å². The smallest absolute Gasteiger partial charge is 0.229 e. The van der Waals surface area contributed by atoms with Crippen molar-refractivity contribution < 1.29 is 18.3 Å². The summed E-state index contributed by atoms with van der Waals surface area (Å²) in [6.45, 7) is 1.72. The van der Waals surface area contributed by atoms with E-state index in [1.54, 1.807) is 44.4 Å². The Labute approximate surface area is 211 Å². The molecule has 2 heterocycles. The Balaban J connectivity index is 1.69. The van der Waals surface area contributed by atoms with Crippen molar-refractivity contribution in [2.45, 2.75) is 17.7 Å². The van der Waals surface area contributed by atoms with Crippen LogP contribution in [-0.2, 0) is 5.75 Å². The summed E-state index contributed by atoms with van der Waals surface area (Å²) < 4.78 is 30.4. The van der Waals surface area contributed by atoms with E-state index in [0.717, 1.165) is 0 Å². The van der Waals surface area contributed by atoms with Gasteiger partial charge in [0.2, 0.25) is 5.89 Å². The fourth-order valence-corrected chi connectivity index (χ4v) is 4.56. The largest absolute Gasteiger partial charge is 0.497 e. The molecule has 0 fully saturated rings. The number of nitrogens with two attached hydrogens (primary N) is 1. The molecule has 0 atom stereocenters. The Hall–Kier alpha value is -4.54. The average molecular weight is 502 g/mol. The number of aromatic nitrogens is 2. The van der Waals surface area contributed by atoms with Crippen LogP contribution in [0.5, 0.6) is 11.5 Å². The van der Waals surface area contributed by atoms with E-state index in [4.69, 9.17) is 19.6 Å². The van der Waals surface area contributed by atoms with Crippen LogP contribution in [0.4, 0.5) is 10.2 Å². The maximum Gasteiger partial charge on any atom is 0.229 e. The van der Waals surface area contributed by atoms with Crippen LogP contribution in [0.3, 0.4) is 0 Å². The fourth-order valence-electron chi connectivity index (χ4n) is 3.56. The third-order valence-corrected chi connectivity index (χ3v) is 6.43. The molecule has 0 bridgehead atoms. The molecule has 0 aliphatic rings. The molecule has 0 aliphatic carbocycles. The Kier molecular flexibility index (Phi) is 7.09. The van der Waals surface area contributed by atoms with Gasteiger partial charge in [0.1, 0.15) is 51.6 Å². The first-order chi connectivity index (χ1) is 17.4. The van der Waals surface area contributed by atoms with Crippen molar-refractivity contribution in [1.29, 1.82) is 10.5 Å². The van der Waals surface area contributed by atoms with E-state index in [0.29, 0.717) is 39.1 Å². The van der Waals surface area contributed by atoms with Crippen molar-refractivity contribution in [1.82, 2.24) is 9.97 Å². The number of rotatable bonds is 7. The van der Waals surface area contributed by atoms with E-state index < -0.39 is 5.82 Å². The molecule has 0 spiro atoms. The molecule has 0 radical (unpaired) electrons. The Morgan fingerprint density at radius 1 is 1.00 bits per heavy atom. The lowest BCUT2D eigenvalue weighted by molar-refractivity contribution is 0.411. The predicted octanol–water partition coefficient (Wildman–Crippen LogP) is 5.49. The number of anilines is 1. The molecular weight excluding hydrogens is 481 g/mol. The van der Waals surface area contributed by atoms with Crippen molar-refractivity contribution in [3.63, 3.8) is 0 Å². The zero-order chi connectivity index (χ0) is 25.8. The summed E-state index contributed by atoms with van der Waals surface area (Å²) in [5.41, 5.74) is 8.24. The van der Waals surface area contributed by atoms with Crippen molar-refractivity contribution >= 4 is 17.6 Å². The van der Waals surface area contributed by atoms with Crippen LogP contribution in [0.25, 0.3) is 22.6 Å². The van der Waals surface area contributed by atoms with Crippen LogP contribution in [0.1, 0.15) is 22.6 Å². The van der Waals surface area contributed by atoms with Gasteiger partial charge in [-0.25, -0.2) is 14.4 Å².